The first kappa shape index (κ1) is 10.5. The van der Waals surface area contributed by atoms with Gasteiger partial charge in [-0.25, -0.2) is 0 Å². The minimum absolute atomic E-state index is 0.203. The van der Waals surface area contributed by atoms with Crippen LogP contribution in [0.25, 0.3) is 0 Å². The second kappa shape index (κ2) is 4.23. The number of aryl methyl sites for hydroxylation is 1. The Bertz CT molecular complexity index is 399. The van der Waals surface area contributed by atoms with Crippen molar-refractivity contribution in [3.05, 3.63) is 28.3 Å². The third-order valence-corrected chi connectivity index (χ3v) is 2.90. The maximum atomic E-state index is 11.7. The summed E-state index contributed by atoms with van der Waals surface area (Å²) in [6, 6.07) is 3.64. The lowest BCUT2D eigenvalue weighted by molar-refractivity contribution is 0.0972. The van der Waals surface area contributed by atoms with Crippen LogP contribution in [0.15, 0.2) is 12.1 Å². The summed E-state index contributed by atoms with van der Waals surface area (Å²) < 4.78 is 5.37. The van der Waals surface area contributed by atoms with E-state index in [-0.39, 0.29) is 5.78 Å². The van der Waals surface area contributed by atoms with Gasteiger partial charge in [0, 0.05) is 12.0 Å². The Labute approximate surface area is 94.2 Å². The molecule has 0 bridgehead atoms. The van der Waals surface area contributed by atoms with Crippen molar-refractivity contribution in [2.75, 3.05) is 6.61 Å². The first-order chi connectivity index (χ1) is 7.22. The highest BCUT2D eigenvalue weighted by Gasteiger charge is 2.19. The number of carbonyl (C=O) groups excluding carboxylic acids is 1. The molecule has 0 aromatic heterocycles. The highest BCUT2D eigenvalue weighted by molar-refractivity contribution is 6.32. The molecular formula is C12H13ClO2. The maximum Gasteiger partial charge on any atom is 0.163 e. The van der Waals surface area contributed by atoms with Crippen molar-refractivity contribution in [2.24, 2.45) is 0 Å². The zero-order valence-electron chi connectivity index (χ0n) is 8.68. The monoisotopic (exact) mass is 224 g/mol. The molecule has 0 radical (unpaired) electrons. The third-order valence-electron chi connectivity index (χ3n) is 2.61. The molecular weight excluding hydrogens is 212 g/mol. The van der Waals surface area contributed by atoms with Crippen LogP contribution in [0.3, 0.4) is 0 Å². The van der Waals surface area contributed by atoms with Crippen LogP contribution in [0.4, 0.5) is 0 Å². The Kier molecular flexibility index (Phi) is 2.96. The normalized spacial score (nSPS) is 14.9. The van der Waals surface area contributed by atoms with E-state index in [1.807, 2.05) is 13.0 Å². The van der Waals surface area contributed by atoms with Gasteiger partial charge in [-0.05, 0) is 37.5 Å². The summed E-state index contributed by atoms with van der Waals surface area (Å²) in [5, 5.41) is 0.602. The standard InChI is InChI=1S/C12H13ClO2/c1-2-15-12-7-9-8(6-10(12)13)4-3-5-11(9)14/h6-7H,2-5H2,1H3. The van der Waals surface area contributed by atoms with E-state index in [0.717, 1.165) is 24.0 Å². The Balaban J connectivity index is 2.45. The molecule has 0 saturated heterocycles. The average Bonchev–Trinajstić information content (AvgIpc) is 2.21. The van der Waals surface area contributed by atoms with Gasteiger partial charge in [0.1, 0.15) is 5.75 Å². The van der Waals surface area contributed by atoms with Gasteiger partial charge >= 0.3 is 0 Å². The fourth-order valence-corrected chi connectivity index (χ4v) is 2.14. The van der Waals surface area contributed by atoms with Gasteiger partial charge in [0.05, 0.1) is 11.6 Å². The summed E-state index contributed by atoms with van der Waals surface area (Å²) in [4.78, 5) is 11.7. The van der Waals surface area contributed by atoms with Crippen molar-refractivity contribution >= 4 is 17.4 Å². The molecule has 3 heteroatoms. The molecule has 1 aliphatic rings. The Hall–Kier alpha value is -1.02. The number of rotatable bonds is 2. The zero-order valence-corrected chi connectivity index (χ0v) is 9.43. The van der Waals surface area contributed by atoms with Gasteiger partial charge in [0.15, 0.2) is 5.78 Å². The fourth-order valence-electron chi connectivity index (χ4n) is 1.90. The van der Waals surface area contributed by atoms with Gasteiger partial charge in [0.2, 0.25) is 0 Å². The van der Waals surface area contributed by atoms with Crippen LogP contribution < -0.4 is 4.74 Å². The molecule has 1 aromatic carbocycles. The second-order valence-electron chi connectivity index (χ2n) is 3.65. The Morgan fingerprint density at radius 2 is 2.20 bits per heavy atom. The zero-order chi connectivity index (χ0) is 10.8. The van der Waals surface area contributed by atoms with Gasteiger partial charge in [0.25, 0.3) is 0 Å². The summed E-state index contributed by atoms with van der Waals surface area (Å²) >= 11 is 6.05. The molecule has 2 nitrogen and oxygen atoms in total. The van der Waals surface area contributed by atoms with Crippen LogP contribution in [0, 0.1) is 0 Å². The van der Waals surface area contributed by atoms with E-state index in [1.165, 1.54) is 0 Å². The summed E-state index contributed by atoms with van der Waals surface area (Å²) in [6.07, 6.45) is 2.50. The van der Waals surface area contributed by atoms with Crippen LogP contribution in [-0.2, 0) is 6.42 Å². The summed E-state index contributed by atoms with van der Waals surface area (Å²) in [6.45, 7) is 2.46. The largest absolute Gasteiger partial charge is 0.492 e. The maximum absolute atomic E-state index is 11.7. The highest BCUT2D eigenvalue weighted by Crippen LogP contribution is 2.32. The predicted molar refractivity (Wildman–Crippen MR) is 59.9 cm³/mol. The van der Waals surface area contributed by atoms with E-state index in [1.54, 1.807) is 6.07 Å². The number of ether oxygens (including phenoxy) is 1. The van der Waals surface area contributed by atoms with Crippen LogP contribution in [0.1, 0.15) is 35.7 Å². The van der Waals surface area contributed by atoms with E-state index < -0.39 is 0 Å². The summed E-state index contributed by atoms with van der Waals surface area (Å²) in [5.74, 6) is 0.821. The fraction of sp³-hybridized carbons (Fsp3) is 0.417. The predicted octanol–water partition coefficient (Wildman–Crippen LogP) is 3.26. The number of fused-ring (bicyclic) bond motifs is 1. The van der Waals surface area contributed by atoms with Crippen molar-refractivity contribution in [1.29, 1.82) is 0 Å². The first-order valence-corrected chi connectivity index (χ1v) is 5.58. The van der Waals surface area contributed by atoms with Crippen molar-refractivity contribution in [2.45, 2.75) is 26.2 Å². The van der Waals surface area contributed by atoms with E-state index in [2.05, 4.69) is 0 Å². The molecule has 0 amide bonds. The number of benzene rings is 1. The molecule has 15 heavy (non-hydrogen) atoms. The SMILES string of the molecule is CCOc1cc2c(cc1Cl)CCCC2=O. The number of hydrogen-bond donors (Lipinski definition) is 0. The lowest BCUT2D eigenvalue weighted by atomic mass is 9.90. The smallest absolute Gasteiger partial charge is 0.163 e. The quantitative estimate of drug-likeness (QED) is 0.771. The van der Waals surface area contributed by atoms with Crippen molar-refractivity contribution in [3.63, 3.8) is 0 Å². The number of halogens is 1. The summed E-state index contributed by atoms with van der Waals surface area (Å²) in [7, 11) is 0. The molecule has 0 spiro atoms. The molecule has 80 valence electrons. The van der Waals surface area contributed by atoms with E-state index in [0.29, 0.717) is 23.8 Å². The molecule has 0 saturated carbocycles. The molecule has 0 aliphatic heterocycles. The Morgan fingerprint density at radius 1 is 1.40 bits per heavy atom. The van der Waals surface area contributed by atoms with E-state index in [4.69, 9.17) is 16.3 Å². The van der Waals surface area contributed by atoms with E-state index >= 15 is 0 Å². The number of hydrogen-bond acceptors (Lipinski definition) is 2. The van der Waals surface area contributed by atoms with Crippen molar-refractivity contribution < 1.29 is 9.53 Å². The first-order valence-electron chi connectivity index (χ1n) is 5.20. The lowest BCUT2D eigenvalue weighted by Crippen LogP contribution is -2.11. The van der Waals surface area contributed by atoms with Gasteiger partial charge in [-0.2, -0.15) is 0 Å². The number of carbonyl (C=O) groups is 1. The van der Waals surface area contributed by atoms with Gasteiger partial charge in [-0.3, -0.25) is 4.79 Å². The van der Waals surface area contributed by atoms with Gasteiger partial charge in [-0.15, -0.1) is 0 Å². The van der Waals surface area contributed by atoms with Crippen molar-refractivity contribution in [1.82, 2.24) is 0 Å². The molecule has 0 N–H and O–H groups in total. The van der Waals surface area contributed by atoms with Crippen LogP contribution >= 0.6 is 11.6 Å². The minimum Gasteiger partial charge on any atom is -0.492 e. The lowest BCUT2D eigenvalue weighted by Gasteiger charge is -2.16. The van der Waals surface area contributed by atoms with Gasteiger partial charge < -0.3 is 4.74 Å². The molecule has 1 aromatic rings. The molecule has 0 heterocycles. The average molecular weight is 225 g/mol. The third kappa shape index (κ3) is 2.00. The topological polar surface area (TPSA) is 26.3 Å². The van der Waals surface area contributed by atoms with E-state index in [9.17, 15) is 4.79 Å². The van der Waals surface area contributed by atoms with Gasteiger partial charge in [-0.1, -0.05) is 11.6 Å². The highest BCUT2D eigenvalue weighted by atomic mass is 35.5. The Morgan fingerprint density at radius 3 is 2.93 bits per heavy atom. The molecule has 0 unspecified atom stereocenters. The summed E-state index contributed by atoms with van der Waals surface area (Å²) in [5.41, 5.74) is 1.84. The molecule has 1 aliphatic carbocycles. The second-order valence-corrected chi connectivity index (χ2v) is 4.06. The minimum atomic E-state index is 0.203. The number of ketones is 1. The molecule has 0 fully saturated rings. The van der Waals surface area contributed by atoms with Crippen LogP contribution in [0.2, 0.25) is 5.02 Å². The molecule has 0 atom stereocenters. The molecule has 2 rings (SSSR count). The number of Topliss-reactive ketones (excluding diaryl/α,β-unsaturated/α-hetero) is 1. The van der Waals surface area contributed by atoms with Crippen LogP contribution in [0.5, 0.6) is 5.75 Å². The van der Waals surface area contributed by atoms with Crippen molar-refractivity contribution in [3.8, 4) is 5.75 Å². The van der Waals surface area contributed by atoms with Crippen LogP contribution in [-0.4, -0.2) is 12.4 Å².